The molecule has 126 valence electrons. The molecular weight excluding hydrogens is 304 g/mol. The Hall–Kier alpha value is -2.30. The molecule has 1 heterocycles. The minimum Gasteiger partial charge on any atom is -0.451 e. The Morgan fingerprint density at radius 2 is 1.92 bits per heavy atom. The van der Waals surface area contributed by atoms with Crippen LogP contribution in [0.1, 0.15) is 49.1 Å². The fourth-order valence-corrected chi connectivity index (χ4v) is 3.49. The second kappa shape index (κ2) is 5.96. The van der Waals surface area contributed by atoms with E-state index in [-0.39, 0.29) is 17.6 Å². The van der Waals surface area contributed by atoms with Crippen LogP contribution in [0.3, 0.4) is 0 Å². The van der Waals surface area contributed by atoms with Crippen molar-refractivity contribution in [2.45, 2.75) is 44.1 Å². The molecule has 5 nitrogen and oxygen atoms in total. The molecule has 2 amide bonds. The number of fused-ring (bicyclic) bond motifs is 1. The summed E-state index contributed by atoms with van der Waals surface area (Å²) in [5.41, 5.74) is -0.105. The third-order valence-corrected chi connectivity index (χ3v) is 5.14. The van der Waals surface area contributed by atoms with Gasteiger partial charge in [-0.15, -0.1) is 0 Å². The van der Waals surface area contributed by atoms with Crippen LogP contribution < -0.4 is 10.6 Å². The largest absolute Gasteiger partial charge is 0.451 e. The molecule has 2 aromatic rings. The molecule has 0 saturated heterocycles. The van der Waals surface area contributed by atoms with Gasteiger partial charge in [0, 0.05) is 11.9 Å². The van der Waals surface area contributed by atoms with Gasteiger partial charge in [-0.3, -0.25) is 9.59 Å². The van der Waals surface area contributed by atoms with E-state index < -0.39 is 5.54 Å². The number of rotatable bonds is 5. The third-order valence-electron chi connectivity index (χ3n) is 5.14. The Balaban J connectivity index is 1.51. The molecule has 0 spiro atoms. The number of carbonyl (C=O) groups excluding carboxylic acids is 2. The Bertz CT molecular complexity index is 737. The van der Waals surface area contributed by atoms with Gasteiger partial charge in [0.2, 0.25) is 5.91 Å². The summed E-state index contributed by atoms with van der Waals surface area (Å²) in [6, 6.07) is 9.25. The van der Waals surface area contributed by atoms with E-state index in [1.165, 1.54) is 12.8 Å². The van der Waals surface area contributed by atoms with Crippen LogP contribution in [0.5, 0.6) is 0 Å². The fraction of sp³-hybridized carbons (Fsp3) is 0.474. The lowest BCUT2D eigenvalue weighted by Gasteiger charge is -2.28. The summed E-state index contributed by atoms with van der Waals surface area (Å²) >= 11 is 0. The van der Waals surface area contributed by atoms with Gasteiger partial charge in [0.05, 0.1) is 0 Å². The third kappa shape index (κ3) is 2.90. The number of furan rings is 1. The van der Waals surface area contributed by atoms with E-state index in [0.717, 1.165) is 24.8 Å². The quantitative estimate of drug-likeness (QED) is 0.887. The lowest BCUT2D eigenvalue weighted by Crippen LogP contribution is -2.57. The van der Waals surface area contributed by atoms with Crippen LogP contribution in [-0.2, 0) is 4.79 Å². The molecule has 0 bridgehead atoms. The second-order valence-electron chi connectivity index (χ2n) is 7.05. The zero-order chi connectivity index (χ0) is 16.6. The van der Waals surface area contributed by atoms with Gasteiger partial charge in [-0.05, 0) is 43.7 Å². The highest BCUT2D eigenvalue weighted by atomic mass is 16.3. The second-order valence-corrected chi connectivity index (χ2v) is 7.05. The highest BCUT2D eigenvalue weighted by Gasteiger charge is 2.43. The Labute approximate surface area is 140 Å². The van der Waals surface area contributed by atoms with Crippen molar-refractivity contribution in [3.63, 3.8) is 0 Å². The molecule has 5 heteroatoms. The van der Waals surface area contributed by atoms with E-state index >= 15 is 0 Å². The molecule has 1 aromatic heterocycles. The standard InChI is InChI=1S/C19H22N2O3/c22-17(16-11-14-5-1-2-6-15(14)24-16)21-19(9-3-4-10-19)18(23)20-12-13-7-8-13/h1-2,5-6,11,13H,3-4,7-10,12H2,(H,20,23)(H,21,22). The molecular formula is C19H22N2O3. The number of hydrogen-bond acceptors (Lipinski definition) is 3. The molecule has 2 aliphatic rings. The molecule has 2 N–H and O–H groups in total. The molecule has 0 unspecified atom stereocenters. The molecule has 2 saturated carbocycles. The molecule has 2 aliphatic carbocycles. The van der Waals surface area contributed by atoms with Gasteiger partial charge in [0.1, 0.15) is 11.1 Å². The van der Waals surface area contributed by atoms with Crippen molar-refractivity contribution in [1.82, 2.24) is 10.6 Å². The number of carbonyl (C=O) groups is 2. The lowest BCUT2D eigenvalue weighted by atomic mass is 9.96. The van der Waals surface area contributed by atoms with Crippen molar-refractivity contribution in [3.8, 4) is 0 Å². The predicted molar refractivity (Wildman–Crippen MR) is 90.6 cm³/mol. The molecule has 4 rings (SSSR count). The topological polar surface area (TPSA) is 71.3 Å². The zero-order valence-electron chi connectivity index (χ0n) is 13.6. The Morgan fingerprint density at radius 1 is 1.17 bits per heavy atom. The van der Waals surface area contributed by atoms with E-state index in [0.29, 0.717) is 24.3 Å². The Kier molecular flexibility index (Phi) is 3.79. The molecule has 24 heavy (non-hydrogen) atoms. The van der Waals surface area contributed by atoms with Crippen LogP contribution >= 0.6 is 0 Å². The van der Waals surface area contributed by atoms with Crippen molar-refractivity contribution in [2.75, 3.05) is 6.54 Å². The average molecular weight is 326 g/mol. The van der Waals surface area contributed by atoms with Gasteiger partial charge < -0.3 is 15.1 Å². The van der Waals surface area contributed by atoms with Crippen molar-refractivity contribution >= 4 is 22.8 Å². The lowest BCUT2D eigenvalue weighted by molar-refractivity contribution is -0.127. The van der Waals surface area contributed by atoms with Gasteiger partial charge >= 0.3 is 0 Å². The summed E-state index contributed by atoms with van der Waals surface area (Å²) in [7, 11) is 0. The first-order valence-corrected chi connectivity index (χ1v) is 8.76. The van der Waals surface area contributed by atoms with Crippen LogP contribution in [0.25, 0.3) is 11.0 Å². The summed E-state index contributed by atoms with van der Waals surface area (Å²) in [6.07, 6.45) is 5.68. The van der Waals surface area contributed by atoms with Crippen molar-refractivity contribution in [2.24, 2.45) is 5.92 Å². The summed E-state index contributed by atoms with van der Waals surface area (Å²) in [4.78, 5) is 25.3. The molecule has 0 aliphatic heterocycles. The molecule has 1 aromatic carbocycles. The van der Waals surface area contributed by atoms with Crippen LogP contribution in [0.15, 0.2) is 34.7 Å². The predicted octanol–water partition coefficient (Wildman–Crippen LogP) is 3.00. The van der Waals surface area contributed by atoms with Crippen LogP contribution in [0.2, 0.25) is 0 Å². The summed E-state index contributed by atoms with van der Waals surface area (Å²) < 4.78 is 5.63. The van der Waals surface area contributed by atoms with E-state index in [1.807, 2.05) is 24.3 Å². The van der Waals surface area contributed by atoms with Crippen molar-refractivity contribution in [1.29, 1.82) is 0 Å². The van der Waals surface area contributed by atoms with E-state index in [4.69, 9.17) is 4.42 Å². The monoisotopic (exact) mass is 326 g/mol. The van der Waals surface area contributed by atoms with Crippen LogP contribution in [-0.4, -0.2) is 23.9 Å². The van der Waals surface area contributed by atoms with Crippen LogP contribution in [0, 0.1) is 5.92 Å². The summed E-state index contributed by atoms with van der Waals surface area (Å²) in [5, 5.41) is 6.89. The minimum absolute atomic E-state index is 0.0450. The zero-order valence-corrected chi connectivity index (χ0v) is 13.6. The van der Waals surface area contributed by atoms with E-state index in [2.05, 4.69) is 10.6 Å². The highest BCUT2D eigenvalue weighted by Crippen LogP contribution is 2.32. The molecule has 0 radical (unpaired) electrons. The first-order chi connectivity index (χ1) is 11.7. The average Bonchev–Trinajstić information content (AvgIpc) is 3.11. The first kappa shape index (κ1) is 15.2. The number of nitrogens with one attached hydrogen (secondary N) is 2. The SMILES string of the molecule is O=C(NC1(C(=O)NCC2CC2)CCCC1)c1cc2ccccc2o1. The number of hydrogen-bond donors (Lipinski definition) is 2. The normalized spacial score (nSPS) is 19.3. The van der Waals surface area contributed by atoms with Gasteiger partial charge in [-0.25, -0.2) is 0 Å². The first-order valence-electron chi connectivity index (χ1n) is 8.76. The molecule has 2 fully saturated rings. The molecule has 0 atom stereocenters. The number of amides is 2. The van der Waals surface area contributed by atoms with Gasteiger partial charge in [0.25, 0.3) is 5.91 Å². The summed E-state index contributed by atoms with van der Waals surface area (Å²) in [5.74, 6) is 0.530. The Morgan fingerprint density at radius 3 is 2.62 bits per heavy atom. The summed E-state index contributed by atoms with van der Waals surface area (Å²) in [6.45, 7) is 0.723. The van der Waals surface area contributed by atoms with Gasteiger partial charge in [0.15, 0.2) is 5.76 Å². The fourth-order valence-electron chi connectivity index (χ4n) is 3.49. The minimum atomic E-state index is -0.787. The van der Waals surface area contributed by atoms with Crippen LogP contribution in [0.4, 0.5) is 0 Å². The van der Waals surface area contributed by atoms with E-state index in [9.17, 15) is 9.59 Å². The highest BCUT2D eigenvalue weighted by molar-refractivity contribution is 6.00. The van der Waals surface area contributed by atoms with Crippen molar-refractivity contribution in [3.05, 3.63) is 36.1 Å². The smallest absolute Gasteiger partial charge is 0.287 e. The van der Waals surface area contributed by atoms with E-state index in [1.54, 1.807) is 6.07 Å². The maximum absolute atomic E-state index is 12.7. The maximum Gasteiger partial charge on any atom is 0.287 e. The maximum atomic E-state index is 12.7. The number of benzene rings is 1. The van der Waals surface area contributed by atoms with Gasteiger partial charge in [-0.1, -0.05) is 31.0 Å². The van der Waals surface area contributed by atoms with Gasteiger partial charge in [-0.2, -0.15) is 0 Å². The van der Waals surface area contributed by atoms with Crippen molar-refractivity contribution < 1.29 is 14.0 Å². The number of para-hydroxylation sites is 1.